The Kier molecular flexibility index (Phi) is 8.49. The second kappa shape index (κ2) is 11.3. The number of carbonyl (C=O) groups is 4. The van der Waals surface area contributed by atoms with Gasteiger partial charge in [-0.15, -0.1) is 0 Å². The Bertz CT molecular complexity index is 939. The van der Waals surface area contributed by atoms with Crippen LogP contribution < -0.4 is 10.6 Å². The van der Waals surface area contributed by atoms with Crippen molar-refractivity contribution < 1.29 is 19.2 Å². The van der Waals surface area contributed by atoms with Crippen LogP contribution in [0.5, 0.6) is 0 Å². The van der Waals surface area contributed by atoms with Gasteiger partial charge in [0.05, 0.1) is 0 Å². The van der Waals surface area contributed by atoms with Gasteiger partial charge in [0, 0.05) is 56.8 Å². The minimum absolute atomic E-state index is 0.0142. The molecule has 0 spiro atoms. The van der Waals surface area contributed by atoms with E-state index in [4.69, 9.17) is 0 Å². The zero-order valence-corrected chi connectivity index (χ0v) is 20.1. The number of carbonyl (C=O) groups excluding carboxylic acids is 4. The van der Waals surface area contributed by atoms with Gasteiger partial charge < -0.3 is 20.4 Å². The van der Waals surface area contributed by atoms with E-state index in [1.165, 1.54) is 11.8 Å². The fourth-order valence-corrected chi connectivity index (χ4v) is 5.17. The smallest absolute Gasteiger partial charge is 0.262 e. The molecule has 1 aromatic carbocycles. The first-order valence-electron chi connectivity index (χ1n) is 11.3. The van der Waals surface area contributed by atoms with Crippen LogP contribution in [0.15, 0.2) is 29.3 Å². The fourth-order valence-electron chi connectivity index (χ4n) is 3.98. The highest BCUT2D eigenvalue weighted by Crippen LogP contribution is 2.27. The van der Waals surface area contributed by atoms with Gasteiger partial charge in [-0.2, -0.15) is 4.99 Å². The third-order valence-electron chi connectivity index (χ3n) is 5.93. The normalized spacial score (nSPS) is 18.6. The number of nitrogens with zero attached hydrogens (tertiary/aromatic N) is 3. The molecule has 1 saturated heterocycles. The number of amides is 4. The molecule has 0 saturated carbocycles. The quantitative estimate of drug-likeness (QED) is 0.626. The summed E-state index contributed by atoms with van der Waals surface area (Å²) in [5.41, 5.74) is 0.982. The van der Waals surface area contributed by atoms with Gasteiger partial charge in [0.15, 0.2) is 5.17 Å². The van der Waals surface area contributed by atoms with Crippen molar-refractivity contribution in [1.29, 1.82) is 0 Å². The maximum atomic E-state index is 12.9. The second-order valence-electron chi connectivity index (χ2n) is 8.03. The first kappa shape index (κ1) is 24.8. The summed E-state index contributed by atoms with van der Waals surface area (Å²) in [5.74, 6) is -0.762. The van der Waals surface area contributed by atoms with Gasteiger partial charge in [0.1, 0.15) is 5.25 Å². The molecule has 0 bridgehead atoms. The third-order valence-corrected chi connectivity index (χ3v) is 7.14. The van der Waals surface area contributed by atoms with Gasteiger partial charge in [-0.1, -0.05) is 17.8 Å². The van der Waals surface area contributed by atoms with Crippen molar-refractivity contribution in [1.82, 2.24) is 15.1 Å². The van der Waals surface area contributed by atoms with Crippen LogP contribution in [0.4, 0.5) is 5.69 Å². The lowest BCUT2D eigenvalue weighted by atomic mass is 9.95. The van der Waals surface area contributed by atoms with E-state index in [9.17, 15) is 19.2 Å². The predicted octanol–water partition coefficient (Wildman–Crippen LogP) is 1.95. The number of rotatable bonds is 7. The average Bonchev–Trinajstić information content (AvgIpc) is 3.18. The largest absolute Gasteiger partial charge is 0.359 e. The van der Waals surface area contributed by atoms with E-state index in [-0.39, 0.29) is 36.0 Å². The minimum atomic E-state index is -0.535. The maximum absolute atomic E-state index is 12.9. The Balaban J connectivity index is 1.55. The van der Waals surface area contributed by atoms with E-state index < -0.39 is 5.25 Å². The van der Waals surface area contributed by atoms with Crippen LogP contribution >= 0.6 is 11.8 Å². The third kappa shape index (κ3) is 6.13. The first-order valence-corrected chi connectivity index (χ1v) is 12.2. The topological polar surface area (TPSA) is 111 Å². The molecule has 2 aliphatic rings. The first-order chi connectivity index (χ1) is 15.9. The van der Waals surface area contributed by atoms with E-state index in [1.807, 2.05) is 18.7 Å². The fraction of sp³-hybridized carbons (Fsp3) is 0.522. The monoisotopic (exact) mass is 473 g/mol. The molecule has 33 heavy (non-hydrogen) atoms. The molecule has 9 nitrogen and oxygen atoms in total. The van der Waals surface area contributed by atoms with Crippen molar-refractivity contribution in [3.05, 3.63) is 29.8 Å². The standard InChI is InChI=1S/C23H31N5O4S/c1-4-27(5-2)23-26-21(31)18(33-23)14-19(29)25-17-8-6-7-16(13-17)22(32)28-11-9-15(10-12-28)20(30)24-3/h6-8,13,15,18H,4-5,9-12,14H2,1-3H3,(H,24,30)(H,25,29)/t18-/m0/s1. The van der Waals surface area contributed by atoms with Gasteiger partial charge in [0.25, 0.3) is 11.8 Å². The lowest BCUT2D eigenvalue weighted by Crippen LogP contribution is -2.42. The summed E-state index contributed by atoms with van der Waals surface area (Å²) < 4.78 is 0. The highest BCUT2D eigenvalue weighted by molar-refractivity contribution is 8.15. The number of amidine groups is 1. The number of piperidine rings is 1. The van der Waals surface area contributed by atoms with Crippen molar-refractivity contribution in [2.24, 2.45) is 10.9 Å². The van der Waals surface area contributed by atoms with Crippen LogP contribution in [0.1, 0.15) is 43.5 Å². The molecule has 0 radical (unpaired) electrons. The Labute approximate surface area is 198 Å². The highest BCUT2D eigenvalue weighted by atomic mass is 32.2. The van der Waals surface area contributed by atoms with Crippen LogP contribution in [-0.2, 0) is 14.4 Å². The molecule has 1 aromatic rings. The maximum Gasteiger partial charge on any atom is 0.262 e. The van der Waals surface area contributed by atoms with Gasteiger partial charge >= 0.3 is 0 Å². The van der Waals surface area contributed by atoms with Gasteiger partial charge in [0.2, 0.25) is 11.8 Å². The molecule has 178 valence electrons. The summed E-state index contributed by atoms with van der Waals surface area (Å²) in [4.78, 5) is 57.3. The van der Waals surface area contributed by atoms with Crippen LogP contribution in [0, 0.1) is 5.92 Å². The Morgan fingerprint density at radius 2 is 1.88 bits per heavy atom. The van der Waals surface area contributed by atoms with E-state index in [0.29, 0.717) is 42.3 Å². The number of benzene rings is 1. The van der Waals surface area contributed by atoms with Crippen LogP contribution in [-0.4, -0.2) is 77.1 Å². The summed E-state index contributed by atoms with van der Waals surface area (Å²) >= 11 is 1.32. The Morgan fingerprint density at radius 1 is 1.18 bits per heavy atom. The molecule has 1 atom stereocenters. The van der Waals surface area contributed by atoms with E-state index in [2.05, 4.69) is 15.6 Å². The molecular formula is C23H31N5O4S. The molecule has 10 heteroatoms. The number of anilines is 1. The molecule has 0 aromatic heterocycles. The minimum Gasteiger partial charge on any atom is -0.359 e. The lowest BCUT2D eigenvalue weighted by molar-refractivity contribution is -0.125. The zero-order valence-electron chi connectivity index (χ0n) is 19.3. The predicted molar refractivity (Wildman–Crippen MR) is 129 cm³/mol. The molecule has 0 unspecified atom stereocenters. The summed E-state index contributed by atoms with van der Waals surface area (Å²) in [6, 6.07) is 6.79. The van der Waals surface area contributed by atoms with Crippen LogP contribution in [0.25, 0.3) is 0 Å². The average molecular weight is 474 g/mol. The summed E-state index contributed by atoms with van der Waals surface area (Å²) in [5, 5.41) is 5.59. The summed E-state index contributed by atoms with van der Waals surface area (Å²) in [6.45, 7) is 6.52. The van der Waals surface area contributed by atoms with Gasteiger partial charge in [-0.05, 0) is 44.9 Å². The van der Waals surface area contributed by atoms with Crippen molar-refractivity contribution in [2.45, 2.75) is 38.4 Å². The number of nitrogens with one attached hydrogen (secondary N) is 2. The van der Waals surface area contributed by atoms with Crippen molar-refractivity contribution in [3.8, 4) is 0 Å². The van der Waals surface area contributed by atoms with E-state index in [0.717, 1.165) is 13.1 Å². The molecule has 1 fully saturated rings. The lowest BCUT2D eigenvalue weighted by Gasteiger charge is -2.31. The molecule has 2 aliphatic heterocycles. The van der Waals surface area contributed by atoms with Gasteiger partial charge in [-0.25, -0.2) is 0 Å². The highest BCUT2D eigenvalue weighted by Gasteiger charge is 2.32. The van der Waals surface area contributed by atoms with Crippen molar-refractivity contribution in [3.63, 3.8) is 0 Å². The number of hydrogen-bond acceptors (Lipinski definition) is 6. The van der Waals surface area contributed by atoms with Crippen molar-refractivity contribution in [2.75, 3.05) is 38.5 Å². The molecule has 2 N–H and O–H groups in total. The Morgan fingerprint density at radius 3 is 2.52 bits per heavy atom. The number of likely N-dealkylation sites (tertiary alicyclic amines) is 1. The molecule has 0 aliphatic carbocycles. The van der Waals surface area contributed by atoms with Crippen molar-refractivity contribution >= 4 is 46.2 Å². The summed E-state index contributed by atoms with van der Waals surface area (Å²) in [7, 11) is 1.62. The zero-order chi connectivity index (χ0) is 24.0. The summed E-state index contributed by atoms with van der Waals surface area (Å²) in [6.07, 6.45) is 1.28. The van der Waals surface area contributed by atoms with E-state index >= 15 is 0 Å². The SMILES string of the molecule is CCN(CC)C1=NC(=O)[C@H](CC(=O)Nc2cccc(C(=O)N3CCC(C(=O)NC)CC3)c2)S1. The van der Waals surface area contributed by atoms with Crippen LogP contribution in [0.3, 0.4) is 0 Å². The van der Waals surface area contributed by atoms with E-state index in [1.54, 1.807) is 36.2 Å². The molecule has 3 rings (SSSR count). The molecule has 2 heterocycles. The number of aliphatic imine (C=N–C) groups is 1. The number of thioether (sulfide) groups is 1. The second-order valence-corrected chi connectivity index (χ2v) is 9.20. The molecule has 4 amide bonds. The van der Waals surface area contributed by atoms with Gasteiger partial charge in [-0.3, -0.25) is 19.2 Å². The van der Waals surface area contributed by atoms with Crippen LogP contribution in [0.2, 0.25) is 0 Å². The molecular weight excluding hydrogens is 442 g/mol. The number of hydrogen-bond donors (Lipinski definition) is 2. The Hall–Kier alpha value is -2.88.